The number of rotatable bonds is 8. The zero-order valence-corrected chi connectivity index (χ0v) is 19.9. The zero-order chi connectivity index (χ0) is 23.4. The number of hydrogen-bond acceptors (Lipinski definition) is 5. The molecule has 1 amide bonds. The summed E-state index contributed by atoms with van der Waals surface area (Å²) in [6.07, 6.45) is 2.19. The van der Waals surface area contributed by atoms with E-state index in [0.29, 0.717) is 25.2 Å². The normalized spacial score (nSPS) is 14.2. The molecule has 2 aromatic carbocycles. The van der Waals surface area contributed by atoms with Crippen molar-refractivity contribution in [3.8, 4) is 0 Å². The molecule has 2 heterocycles. The van der Waals surface area contributed by atoms with Crippen molar-refractivity contribution in [3.63, 3.8) is 0 Å². The first kappa shape index (κ1) is 23.2. The number of amides is 1. The van der Waals surface area contributed by atoms with Gasteiger partial charge in [-0.2, -0.15) is 4.31 Å². The van der Waals surface area contributed by atoms with Gasteiger partial charge in [-0.3, -0.25) is 4.79 Å². The molecule has 0 spiro atoms. The van der Waals surface area contributed by atoms with Crippen LogP contribution >= 0.6 is 0 Å². The molecule has 0 unspecified atom stereocenters. The highest BCUT2D eigenvalue weighted by molar-refractivity contribution is 7.89. The molecule has 0 atom stereocenters. The molecule has 1 saturated heterocycles. The molecule has 33 heavy (non-hydrogen) atoms. The van der Waals surface area contributed by atoms with Crippen molar-refractivity contribution < 1.29 is 13.2 Å². The SMILES string of the molecule is CCN(CC)S(=O)(=O)c1ccc(CNC(=O)c2cc3ccccc3nc2N2CCCC2)cc1. The number of nitrogens with zero attached hydrogens (tertiary/aromatic N) is 3. The van der Waals surface area contributed by atoms with Crippen molar-refractivity contribution >= 4 is 32.7 Å². The first-order chi connectivity index (χ1) is 15.9. The number of carbonyl (C=O) groups excluding carboxylic acids is 1. The highest BCUT2D eigenvalue weighted by Crippen LogP contribution is 2.26. The Morgan fingerprint density at radius 1 is 1.03 bits per heavy atom. The Hall–Kier alpha value is -2.97. The first-order valence-corrected chi connectivity index (χ1v) is 12.9. The maximum atomic E-state index is 13.2. The molecule has 1 aromatic heterocycles. The molecule has 1 aliphatic heterocycles. The molecular formula is C25H30N4O3S. The first-order valence-electron chi connectivity index (χ1n) is 11.5. The van der Waals surface area contributed by atoms with E-state index < -0.39 is 10.0 Å². The van der Waals surface area contributed by atoms with Crippen LogP contribution in [0.25, 0.3) is 10.9 Å². The fourth-order valence-corrected chi connectivity index (χ4v) is 5.67. The highest BCUT2D eigenvalue weighted by atomic mass is 32.2. The second-order valence-electron chi connectivity index (χ2n) is 8.16. The summed E-state index contributed by atoms with van der Waals surface area (Å²) < 4.78 is 26.8. The standard InChI is InChI=1S/C25H30N4O3S/c1-3-29(4-2)33(31,32)21-13-11-19(12-14-21)18-26-25(30)22-17-20-9-5-6-10-23(20)27-24(22)28-15-7-8-16-28/h5-6,9-14,17H,3-4,7-8,15-16,18H2,1-2H3,(H,26,30). The molecule has 0 radical (unpaired) electrons. The summed E-state index contributed by atoms with van der Waals surface area (Å²) >= 11 is 0. The summed E-state index contributed by atoms with van der Waals surface area (Å²) in [6.45, 7) is 6.59. The van der Waals surface area contributed by atoms with Gasteiger partial charge in [-0.25, -0.2) is 13.4 Å². The monoisotopic (exact) mass is 466 g/mol. The van der Waals surface area contributed by atoms with E-state index in [2.05, 4.69) is 10.2 Å². The lowest BCUT2D eigenvalue weighted by molar-refractivity contribution is 0.0951. The average Bonchev–Trinajstić information content (AvgIpc) is 3.37. The lowest BCUT2D eigenvalue weighted by atomic mass is 10.1. The molecule has 3 aromatic rings. The van der Waals surface area contributed by atoms with Crippen LogP contribution in [0.2, 0.25) is 0 Å². The fourth-order valence-electron chi connectivity index (χ4n) is 4.21. The molecule has 1 aliphatic rings. The van der Waals surface area contributed by atoms with E-state index in [1.807, 2.05) is 44.2 Å². The van der Waals surface area contributed by atoms with Crippen LogP contribution in [0, 0.1) is 0 Å². The van der Waals surface area contributed by atoms with Gasteiger partial charge in [0.15, 0.2) is 0 Å². The molecule has 1 fully saturated rings. The van der Waals surface area contributed by atoms with E-state index in [4.69, 9.17) is 4.98 Å². The number of benzene rings is 2. The van der Waals surface area contributed by atoms with E-state index in [1.54, 1.807) is 24.3 Å². The molecule has 0 bridgehead atoms. The van der Waals surface area contributed by atoms with Crippen LogP contribution in [-0.2, 0) is 16.6 Å². The number of anilines is 1. The average molecular weight is 467 g/mol. The van der Waals surface area contributed by atoms with Crippen LogP contribution in [0.1, 0.15) is 42.6 Å². The Morgan fingerprint density at radius 2 is 1.70 bits per heavy atom. The molecule has 0 aliphatic carbocycles. The molecule has 1 N–H and O–H groups in total. The Balaban J connectivity index is 1.53. The van der Waals surface area contributed by atoms with Gasteiger partial charge in [-0.15, -0.1) is 0 Å². The summed E-state index contributed by atoms with van der Waals surface area (Å²) in [6, 6.07) is 16.4. The number of sulfonamides is 1. The largest absolute Gasteiger partial charge is 0.356 e. The predicted molar refractivity (Wildman–Crippen MR) is 131 cm³/mol. The van der Waals surface area contributed by atoms with Crippen molar-refractivity contribution in [3.05, 3.63) is 65.7 Å². The van der Waals surface area contributed by atoms with E-state index in [1.165, 1.54) is 4.31 Å². The van der Waals surface area contributed by atoms with Crippen molar-refractivity contribution in [2.75, 3.05) is 31.1 Å². The summed E-state index contributed by atoms with van der Waals surface area (Å²) in [5.74, 6) is 0.541. The molecule has 4 rings (SSSR count). The highest BCUT2D eigenvalue weighted by Gasteiger charge is 2.23. The second kappa shape index (κ2) is 9.89. The number of carbonyl (C=O) groups is 1. The summed E-state index contributed by atoms with van der Waals surface area (Å²) in [4.78, 5) is 20.4. The van der Waals surface area contributed by atoms with Gasteiger partial charge in [-0.1, -0.05) is 44.2 Å². The van der Waals surface area contributed by atoms with Gasteiger partial charge in [0.1, 0.15) is 5.82 Å². The van der Waals surface area contributed by atoms with Crippen LogP contribution in [0.5, 0.6) is 0 Å². The van der Waals surface area contributed by atoms with Crippen LogP contribution in [0.4, 0.5) is 5.82 Å². The number of para-hydroxylation sites is 1. The zero-order valence-electron chi connectivity index (χ0n) is 19.1. The Bertz CT molecular complexity index is 1230. The number of pyridine rings is 1. The number of nitrogens with one attached hydrogen (secondary N) is 1. The van der Waals surface area contributed by atoms with Gasteiger partial charge in [-0.05, 0) is 42.7 Å². The molecule has 0 saturated carbocycles. The maximum Gasteiger partial charge on any atom is 0.255 e. The van der Waals surface area contributed by atoms with Crippen molar-refractivity contribution in [2.45, 2.75) is 38.1 Å². The van der Waals surface area contributed by atoms with E-state index >= 15 is 0 Å². The van der Waals surface area contributed by atoms with Gasteiger partial charge >= 0.3 is 0 Å². The molecule has 7 nitrogen and oxygen atoms in total. The quantitative estimate of drug-likeness (QED) is 0.546. The number of aromatic nitrogens is 1. The Morgan fingerprint density at radius 3 is 2.36 bits per heavy atom. The molecule has 8 heteroatoms. The van der Waals surface area contributed by atoms with Gasteiger partial charge in [0.25, 0.3) is 5.91 Å². The smallest absolute Gasteiger partial charge is 0.255 e. The van der Waals surface area contributed by atoms with Crippen LogP contribution in [0.3, 0.4) is 0 Å². The summed E-state index contributed by atoms with van der Waals surface area (Å²) in [5.41, 5.74) is 2.27. The third-order valence-corrected chi connectivity index (χ3v) is 8.14. The third-order valence-electron chi connectivity index (χ3n) is 6.07. The van der Waals surface area contributed by atoms with E-state index in [-0.39, 0.29) is 10.8 Å². The minimum atomic E-state index is -3.50. The summed E-state index contributed by atoms with van der Waals surface area (Å²) in [7, 11) is -3.50. The second-order valence-corrected chi connectivity index (χ2v) is 10.1. The molecular weight excluding hydrogens is 436 g/mol. The Kier molecular flexibility index (Phi) is 6.95. The Labute approximate surface area is 195 Å². The topological polar surface area (TPSA) is 82.6 Å². The lowest BCUT2D eigenvalue weighted by Crippen LogP contribution is -2.30. The maximum absolute atomic E-state index is 13.2. The fraction of sp³-hybridized carbons (Fsp3) is 0.360. The third kappa shape index (κ3) is 4.86. The summed E-state index contributed by atoms with van der Waals surface area (Å²) in [5, 5.41) is 3.91. The molecule has 174 valence electrons. The minimum absolute atomic E-state index is 0.185. The van der Waals surface area contributed by atoms with Gasteiger partial charge < -0.3 is 10.2 Å². The van der Waals surface area contributed by atoms with Gasteiger partial charge in [0.05, 0.1) is 16.0 Å². The lowest BCUT2D eigenvalue weighted by Gasteiger charge is -2.20. The number of hydrogen-bond donors (Lipinski definition) is 1. The predicted octanol–water partition coefficient (Wildman–Crippen LogP) is 3.80. The van der Waals surface area contributed by atoms with Crippen LogP contribution in [-0.4, -0.2) is 49.8 Å². The van der Waals surface area contributed by atoms with E-state index in [0.717, 1.165) is 48.2 Å². The van der Waals surface area contributed by atoms with Gasteiger partial charge in [0.2, 0.25) is 10.0 Å². The van der Waals surface area contributed by atoms with Crippen LogP contribution < -0.4 is 10.2 Å². The van der Waals surface area contributed by atoms with Crippen molar-refractivity contribution in [1.29, 1.82) is 0 Å². The van der Waals surface area contributed by atoms with Crippen molar-refractivity contribution in [1.82, 2.24) is 14.6 Å². The van der Waals surface area contributed by atoms with Gasteiger partial charge in [0, 0.05) is 38.1 Å². The van der Waals surface area contributed by atoms with E-state index in [9.17, 15) is 13.2 Å². The number of fused-ring (bicyclic) bond motifs is 1. The minimum Gasteiger partial charge on any atom is -0.356 e. The van der Waals surface area contributed by atoms with Crippen molar-refractivity contribution in [2.24, 2.45) is 0 Å². The van der Waals surface area contributed by atoms with Crippen LogP contribution in [0.15, 0.2) is 59.5 Å².